The lowest BCUT2D eigenvalue weighted by Crippen LogP contribution is -2.10. The van der Waals surface area contributed by atoms with E-state index in [1.807, 2.05) is 0 Å². The van der Waals surface area contributed by atoms with Crippen LogP contribution in [0.25, 0.3) is 0 Å². The Morgan fingerprint density at radius 3 is 2.44 bits per heavy atom. The van der Waals surface area contributed by atoms with Crippen molar-refractivity contribution >= 4 is 12.3 Å². The van der Waals surface area contributed by atoms with Crippen LogP contribution < -0.4 is 0 Å². The number of rotatable bonds is 2. The third-order valence-electron chi connectivity index (χ3n) is 1.91. The van der Waals surface area contributed by atoms with Crippen LogP contribution in [-0.4, -0.2) is 19.4 Å². The van der Waals surface area contributed by atoms with Gasteiger partial charge in [-0.05, 0) is 12.1 Å². The second kappa shape index (κ2) is 4.34. The molecule has 0 amide bonds. The van der Waals surface area contributed by atoms with E-state index < -0.39 is 23.3 Å². The summed E-state index contributed by atoms with van der Waals surface area (Å²) in [6.07, 6.45) is -4.27. The number of halogens is 3. The molecule has 0 unspecified atom stereocenters. The Hall–Kier alpha value is -1.85. The summed E-state index contributed by atoms with van der Waals surface area (Å²) >= 11 is 0. The second-order valence-corrected chi connectivity index (χ2v) is 2.91. The molecule has 0 N–H and O–H groups in total. The predicted octanol–water partition coefficient (Wildman–Crippen LogP) is 2.30. The Bertz CT molecular complexity index is 424. The van der Waals surface area contributed by atoms with Gasteiger partial charge in [0.1, 0.15) is 0 Å². The second-order valence-electron chi connectivity index (χ2n) is 2.91. The number of aldehydes is 1. The first-order valence-electron chi connectivity index (χ1n) is 4.15. The molecule has 1 aromatic carbocycles. The lowest BCUT2D eigenvalue weighted by atomic mass is 10.0. The van der Waals surface area contributed by atoms with Gasteiger partial charge in [0.05, 0.1) is 18.2 Å². The fraction of sp³-hybridized carbons (Fsp3) is 0.200. The molecule has 0 bridgehead atoms. The van der Waals surface area contributed by atoms with Crippen LogP contribution in [0.1, 0.15) is 26.3 Å². The van der Waals surface area contributed by atoms with Gasteiger partial charge >= 0.3 is 12.1 Å². The van der Waals surface area contributed by atoms with Crippen molar-refractivity contribution in [3.63, 3.8) is 0 Å². The first-order chi connectivity index (χ1) is 7.40. The maximum absolute atomic E-state index is 12.3. The van der Waals surface area contributed by atoms with Gasteiger partial charge in [0.15, 0.2) is 6.29 Å². The zero-order valence-electron chi connectivity index (χ0n) is 8.17. The molecule has 6 heteroatoms. The van der Waals surface area contributed by atoms with Crippen molar-refractivity contribution in [3.8, 4) is 0 Å². The first-order valence-corrected chi connectivity index (χ1v) is 4.15. The van der Waals surface area contributed by atoms with Crippen LogP contribution in [0.15, 0.2) is 18.2 Å². The van der Waals surface area contributed by atoms with Crippen LogP contribution in [0.3, 0.4) is 0 Å². The minimum absolute atomic E-state index is 0.139. The highest BCUT2D eigenvalue weighted by atomic mass is 19.4. The molecule has 0 heterocycles. The molecular weight excluding hydrogens is 225 g/mol. The van der Waals surface area contributed by atoms with Gasteiger partial charge in [-0.25, -0.2) is 4.79 Å². The average molecular weight is 232 g/mol. The van der Waals surface area contributed by atoms with Gasteiger partial charge in [0, 0.05) is 5.56 Å². The molecule has 0 saturated carbocycles. The summed E-state index contributed by atoms with van der Waals surface area (Å²) in [5.41, 5.74) is -1.54. The van der Waals surface area contributed by atoms with Crippen molar-refractivity contribution < 1.29 is 27.5 Å². The largest absolute Gasteiger partial charge is 0.465 e. The number of hydrogen-bond acceptors (Lipinski definition) is 3. The summed E-state index contributed by atoms with van der Waals surface area (Å²) in [4.78, 5) is 21.6. The Morgan fingerprint density at radius 1 is 1.38 bits per heavy atom. The SMILES string of the molecule is COC(=O)c1cc(C(F)(F)F)ccc1C=O. The molecule has 0 spiro atoms. The topological polar surface area (TPSA) is 43.4 Å². The number of alkyl halides is 3. The van der Waals surface area contributed by atoms with Crippen molar-refractivity contribution in [3.05, 3.63) is 34.9 Å². The van der Waals surface area contributed by atoms with Crippen molar-refractivity contribution in [2.45, 2.75) is 6.18 Å². The number of carbonyl (C=O) groups excluding carboxylic acids is 2. The molecular formula is C10H7F3O3. The standard InChI is InChI=1S/C10H7F3O3/c1-16-9(15)8-4-7(10(11,12)13)3-2-6(8)5-14/h2-5H,1H3. The normalized spacial score (nSPS) is 11.0. The quantitative estimate of drug-likeness (QED) is 0.580. The third kappa shape index (κ3) is 2.39. The number of esters is 1. The highest BCUT2D eigenvalue weighted by Crippen LogP contribution is 2.30. The van der Waals surface area contributed by atoms with E-state index in [9.17, 15) is 22.8 Å². The van der Waals surface area contributed by atoms with E-state index >= 15 is 0 Å². The van der Waals surface area contributed by atoms with Gasteiger partial charge in [0.2, 0.25) is 0 Å². The molecule has 3 nitrogen and oxygen atoms in total. The van der Waals surface area contributed by atoms with Gasteiger partial charge in [0.25, 0.3) is 0 Å². The van der Waals surface area contributed by atoms with Crippen LogP contribution in [0.4, 0.5) is 13.2 Å². The minimum atomic E-state index is -4.57. The van der Waals surface area contributed by atoms with E-state index in [1.165, 1.54) is 0 Å². The molecule has 86 valence electrons. The van der Waals surface area contributed by atoms with E-state index in [0.717, 1.165) is 19.2 Å². The number of hydrogen-bond donors (Lipinski definition) is 0. The van der Waals surface area contributed by atoms with Crippen molar-refractivity contribution in [2.24, 2.45) is 0 Å². The Labute approximate surface area is 88.8 Å². The minimum Gasteiger partial charge on any atom is -0.465 e. The number of methoxy groups -OCH3 is 1. The van der Waals surface area contributed by atoms with Crippen LogP contribution in [0.2, 0.25) is 0 Å². The van der Waals surface area contributed by atoms with E-state index in [0.29, 0.717) is 12.4 Å². The highest BCUT2D eigenvalue weighted by Gasteiger charge is 2.31. The maximum atomic E-state index is 12.3. The zero-order chi connectivity index (χ0) is 12.3. The molecule has 16 heavy (non-hydrogen) atoms. The Morgan fingerprint density at radius 2 is 2.00 bits per heavy atom. The molecule has 0 radical (unpaired) electrons. The summed E-state index contributed by atoms with van der Waals surface area (Å²) in [7, 11) is 1.02. The van der Waals surface area contributed by atoms with E-state index in [1.54, 1.807) is 0 Å². The van der Waals surface area contributed by atoms with Crippen LogP contribution in [0, 0.1) is 0 Å². The van der Waals surface area contributed by atoms with Gasteiger partial charge in [-0.15, -0.1) is 0 Å². The van der Waals surface area contributed by atoms with Crippen LogP contribution in [-0.2, 0) is 10.9 Å². The smallest absolute Gasteiger partial charge is 0.416 e. The van der Waals surface area contributed by atoms with Gasteiger partial charge in [-0.3, -0.25) is 4.79 Å². The molecule has 0 fully saturated rings. The van der Waals surface area contributed by atoms with Gasteiger partial charge in [-0.2, -0.15) is 13.2 Å². The first kappa shape index (κ1) is 12.2. The maximum Gasteiger partial charge on any atom is 0.416 e. The predicted molar refractivity (Wildman–Crippen MR) is 48.2 cm³/mol. The van der Waals surface area contributed by atoms with Crippen molar-refractivity contribution in [1.82, 2.24) is 0 Å². The number of carbonyl (C=O) groups is 2. The highest BCUT2D eigenvalue weighted by molar-refractivity contribution is 5.98. The Kier molecular flexibility index (Phi) is 3.31. The molecule has 1 aromatic rings. The molecule has 0 atom stereocenters. The lowest BCUT2D eigenvalue weighted by molar-refractivity contribution is -0.137. The monoisotopic (exact) mass is 232 g/mol. The van der Waals surface area contributed by atoms with E-state index in [2.05, 4.69) is 4.74 Å². The zero-order valence-corrected chi connectivity index (χ0v) is 8.17. The number of benzene rings is 1. The van der Waals surface area contributed by atoms with E-state index in [4.69, 9.17) is 0 Å². The molecule has 0 aliphatic rings. The van der Waals surface area contributed by atoms with Crippen molar-refractivity contribution in [1.29, 1.82) is 0 Å². The van der Waals surface area contributed by atoms with Crippen LogP contribution >= 0.6 is 0 Å². The molecule has 0 aromatic heterocycles. The summed E-state index contributed by atoms with van der Waals surface area (Å²) in [5.74, 6) is -0.979. The molecule has 1 rings (SSSR count). The summed E-state index contributed by atoms with van der Waals surface area (Å²) in [5, 5.41) is 0. The average Bonchev–Trinajstić information content (AvgIpc) is 2.25. The summed E-state index contributed by atoms with van der Waals surface area (Å²) < 4.78 is 41.3. The fourth-order valence-electron chi connectivity index (χ4n) is 1.12. The fourth-order valence-corrected chi connectivity index (χ4v) is 1.12. The van der Waals surface area contributed by atoms with Crippen LogP contribution in [0.5, 0.6) is 0 Å². The van der Waals surface area contributed by atoms with Crippen molar-refractivity contribution in [2.75, 3.05) is 7.11 Å². The van der Waals surface area contributed by atoms with Gasteiger partial charge < -0.3 is 4.74 Å². The summed E-state index contributed by atoms with van der Waals surface area (Å²) in [6.45, 7) is 0. The molecule has 0 saturated heterocycles. The lowest BCUT2D eigenvalue weighted by Gasteiger charge is -2.09. The number of ether oxygens (including phenoxy) is 1. The van der Waals surface area contributed by atoms with Gasteiger partial charge in [-0.1, -0.05) is 6.07 Å². The summed E-state index contributed by atoms with van der Waals surface area (Å²) in [6, 6.07) is 2.26. The van der Waals surface area contributed by atoms with E-state index in [-0.39, 0.29) is 5.56 Å². The third-order valence-corrected chi connectivity index (χ3v) is 1.91. The Balaban J connectivity index is 3.32. The molecule has 0 aliphatic heterocycles. The molecule has 0 aliphatic carbocycles.